The van der Waals surface area contributed by atoms with E-state index in [1.54, 1.807) is 56.0 Å². The fourth-order valence-electron chi connectivity index (χ4n) is 3.04. The molecule has 0 aliphatic carbocycles. The van der Waals surface area contributed by atoms with Gasteiger partial charge in [0.05, 0.1) is 27.9 Å². The molecule has 2 aromatic carbocycles. The molecule has 0 spiro atoms. The molecule has 1 heterocycles. The van der Waals surface area contributed by atoms with Crippen molar-refractivity contribution in [3.63, 3.8) is 0 Å². The first kappa shape index (κ1) is 22.2. The second-order valence-electron chi connectivity index (χ2n) is 6.33. The normalized spacial score (nSPS) is 10.3. The average molecular weight is 442 g/mol. The van der Waals surface area contributed by atoms with Crippen LogP contribution in [-0.2, 0) is 4.74 Å². The van der Waals surface area contributed by atoms with Crippen LogP contribution >= 0.6 is 11.3 Å². The lowest BCUT2D eigenvalue weighted by atomic mass is 10.0. The minimum Gasteiger partial charge on any atom is -0.494 e. The van der Waals surface area contributed by atoms with Gasteiger partial charge in [-0.15, -0.1) is 11.3 Å². The first-order chi connectivity index (χ1) is 15.0. The molecule has 0 radical (unpaired) electrons. The molecule has 0 aliphatic heterocycles. The van der Waals surface area contributed by atoms with Gasteiger partial charge >= 0.3 is 5.97 Å². The zero-order valence-electron chi connectivity index (χ0n) is 17.7. The van der Waals surface area contributed by atoms with Crippen LogP contribution in [0.4, 0.5) is 5.00 Å². The monoisotopic (exact) mass is 441 g/mol. The van der Waals surface area contributed by atoms with E-state index >= 15 is 0 Å². The van der Waals surface area contributed by atoms with Crippen molar-refractivity contribution in [2.45, 2.75) is 6.92 Å². The van der Waals surface area contributed by atoms with Crippen molar-refractivity contribution >= 4 is 28.2 Å². The summed E-state index contributed by atoms with van der Waals surface area (Å²) in [4.78, 5) is 25.4. The molecule has 0 fully saturated rings. The van der Waals surface area contributed by atoms with Crippen molar-refractivity contribution in [1.82, 2.24) is 0 Å². The van der Waals surface area contributed by atoms with Crippen molar-refractivity contribution in [3.05, 3.63) is 59.0 Å². The van der Waals surface area contributed by atoms with Crippen LogP contribution in [0.25, 0.3) is 11.1 Å². The minimum absolute atomic E-state index is 0.272. The molecule has 0 saturated heterocycles. The molecule has 0 aliphatic rings. The third kappa shape index (κ3) is 4.80. The maximum Gasteiger partial charge on any atom is 0.341 e. The molecule has 7 nitrogen and oxygen atoms in total. The van der Waals surface area contributed by atoms with E-state index in [0.29, 0.717) is 40.0 Å². The van der Waals surface area contributed by atoms with E-state index in [0.717, 1.165) is 5.56 Å². The highest BCUT2D eigenvalue weighted by atomic mass is 32.1. The van der Waals surface area contributed by atoms with E-state index in [1.165, 1.54) is 18.4 Å². The van der Waals surface area contributed by atoms with E-state index in [4.69, 9.17) is 18.9 Å². The average Bonchev–Trinajstić information content (AvgIpc) is 3.21. The maximum absolute atomic E-state index is 12.8. The van der Waals surface area contributed by atoms with Gasteiger partial charge in [0.1, 0.15) is 16.3 Å². The molecule has 1 N–H and O–H groups in total. The lowest BCUT2D eigenvalue weighted by Gasteiger charge is -2.11. The van der Waals surface area contributed by atoms with Gasteiger partial charge in [0.15, 0.2) is 11.5 Å². The number of ether oxygens (including phenoxy) is 4. The number of methoxy groups -OCH3 is 3. The van der Waals surface area contributed by atoms with Crippen molar-refractivity contribution in [1.29, 1.82) is 0 Å². The number of rotatable bonds is 8. The zero-order valence-corrected chi connectivity index (χ0v) is 18.5. The predicted molar refractivity (Wildman–Crippen MR) is 120 cm³/mol. The summed E-state index contributed by atoms with van der Waals surface area (Å²) in [6.45, 7) is 2.37. The molecule has 162 valence electrons. The summed E-state index contributed by atoms with van der Waals surface area (Å²) in [5, 5.41) is 5.00. The van der Waals surface area contributed by atoms with Crippen molar-refractivity contribution in [3.8, 4) is 28.4 Å². The largest absolute Gasteiger partial charge is 0.494 e. The third-order valence-corrected chi connectivity index (χ3v) is 5.40. The molecule has 31 heavy (non-hydrogen) atoms. The Morgan fingerprint density at radius 1 is 1.00 bits per heavy atom. The second kappa shape index (κ2) is 9.99. The number of hydrogen-bond acceptors (Lipinski definition) is 7. The van der Waals surface area contributed by atoms with Gasteiger partial charge in [-0.05, 0) is 42.8 Å². The number of thiophene rings is 1. The standard InChI is InChI=1S/C23H23NO6S/c1-5-30-16-8-6-7-15(11-16)21(25)24-22-20(23(26)29-4)17(13-31-22)14-9-10-18(27-2)19(12-14)28-3/h6-13H,5H2,1-4H3,(H,24,25). The van der Waals surface area contributed by atoms with Crippen LogP contribution in [0, 0.1) is 0 Å². The Morgan fingerprint density at radius 2 is 1.77 bits per heavy atom. The highest BCUT2D eigenvalue weighted by Gasteiger charge is 2.23. The van der Waals surface area contributed by atoms with Gasteiger partial charge in [0.2, 0.25) is 0 Å². The smallest absolute Gasteiger partial charge is 0.341 e. The van der Waals surface area contributed by atoms with Crippen LogP contribution in [0.2, 0.25) is 0 Å². The lowest BCUT2D eigenvalue weighted by molar-refractivity contribution is 0.0603. The molecule has 0 bridgehead atoms. The number of amides is 1. The summed E-state index contributed by atoms with van der Waals surface area (Å²) in [5.74, 6) is 0.793. The fourth-order valence-corrected chi connectivity index (χ4v) is 3.99. The number of carbonyl (C=O) groups is 2. The Labute approximate surface area is 184 Å². The van der Waals surface area contributed by atoms with E-state index in [-0.39, 0.29) is 11.5 Å². The molecule has 1 amide bonds. The zero-order chi connectivity index (χ0) is 22.4. The Kier molecular flexibility index (Phi) is 7.15. The quantitative estimate of drug-likeness (QED) is 0.502. The first-order valence-electron chi connectivity index (χ1n) is 9.48. The van der Waals surface area contributed by atoms with Gasteiger partial charge in [0.25, 0.3) is 5.91 Å². The molecular formula is C23H23NO6S. The van der Waals surface area contributed by atoms with Gasteiger partial charge in [0, 0.05) is 16.5 Å². The molecular weight excluding hydrogens is 418 g/mol. The number of nitrogens with one attached hydrogen (secondary N) is 1. The summed E-state index contributed by atoms with van der Waals surface area (Å²) in [5.41, 5.74) is 2.04. The van der Waals surface area contributed by atoms with E-state index in [2.05, 4.69) is 5.32 Å². The number of hydrogen-bond donors (Lipinski definition) is 1. The molecule has 8 heteroatoms. The second-order valence-corrected chi connectivity index (χ2v) is 7.21. The van der Waals surface area contributed by atoms with E-state index in [9.17, 15) is 9.59 Å². The summed E-state index contributed by atoms with van der Waals surface area (Å²) in [6.07, 6.45) is 0. The van der Waals surface area contributed by atoms with Crippen molar-refractivity contribution < 1.29 is 28.5 Å². The SMILES string of the molecule is CCOc1cccc(C(=O)Nc2scc(-c3ccc(OC)c(OC)c3)c2C(=O)OC)c1. The Morgan fingerprint density at radius 3 is 2.45 bits per heavy atom. The first-order valence-corrected chi connectivity index (χ1v) is 10.4. The van der Waals surface area contributed by atoms with Crippen LogP contribution in [0.1, 0.15) is 27.6 Å². The number of esters is 1. The fraction of sp³-hybridized carbons (Fsp3) is 0.217. The number of carbonyl (C=O) groups excluding carboxylic acids is 2. The summed E-state index contributed by atoms with van der Waals surface area (Å²) >= 11 is 1.24. The maximum atomic E-state index is 12.8. The van der Waals surface area contributed by atoms with Crippen LogP contribution in [0.3, 0.4) is 0 Å². The van der Waals surface area contributed by atoms with Gasteiger partial charge in [-0.2, -0.15) is 0 Å². The topological polar surface area (TPSA) is 83.1 Å². The summed E-state index contributed by atoms with van der Waals surface area (Å²) in [6, 6.07) is 12.2. The van der Waals surface area contributed by atoms with Crippen LogP contribution in [0.5, 0.6) is 17.2 Å². The Balaban J connectivity index is 1.97. The Hall–Kier alpha value is -3.52. The van der Waals surface area contributed by atoms with Crippen molar-refractivity contribution in [2.24, 2.45) is 0 Å². The third-order valence-electron chi connectivity index (χ3n) is 4.51. The Bertz CT molecular complexity index is 1090. The van der Waals surface area contributed by atoms with Gasteiger partial charge in [-0.3, -0.25) is 4.79 Å². The lowest BCUT2D eigenvalue weighted by Crippen LogP contribution is -2.14. The van der Waals surface area contributed by atoms with Crippen LogP contribution in [0.15, 0.2) is 47.8 Å². The summed E-state index contributed by atoms with van der Waals surface area (Å²) < 4.78 is 21.1. The molecule has 0 unspecified atom stereocenters. The van der Waals surface area contributed by atoms with Gasteiger partial charge in [-0.25, -0.2) is 4.79 Å². The van der Waals surface area contributed by atoms with Gasteiger partial charge in [-0.1, -0.05) is 12.1 Å². The highest BCUT2D eigenvalue weighted by molar-refractivity contribution is 7.15. The van der Waals surface area contributed by atoms with E-state index < -0.39 is 5.97 Å². The predicted octanol–water partition coefficient (Wildman–Crippen LogP) is 4.87. The van der Waals surface area contributed by atoms with Gasteiger partial charge < -0.3 is 24.3 Å². The minimum atomic E-state index is -0.551. The molecule has 0 atom stereocenters. The van der Waals surface area contributed by atoms with Crippen molar-refractivity contribution in [2.75, 3.05) is 33.3 Å². The number of benzene rings is 2. The van der Waals surface area contributed by atoms with E-state index in [1.807, 2.05) is 13.0 Å². The number of anilines is 1. The van der Waals surface area contributed by atoms with Crippen LogP contribution in [-0.4, -0.2) is 39.8 Å². The summed E-state index contributed by atoms with van der Waals surface area (Å²) in [7, 11) is 4.39. The van der Waals surface area contributed by atoms with Crippen LogP contribution < -0.4 is 19.5 Å². The highest BCUT2D eigenvalue weighted by Crippen LogP contribution is 2.39. The molecule has 3 rings (SSSR count). The molecule has 3 aromatic rings. The molecule has 0 saturated carbocycles. The molecule has 1 aromatic heterocycles.